The van der Waals surface area contributed by atoms with Gasteiger partial charge in [-0.3, -0.25) is 4.79 Å². The van der Waals surface area contributed by atoms with E-state index < -0.39 is 0 Å². The highest BCUT2D eigenvalue weighted by molar-refractivity contribution is 6.02. The Balaban J connectivity index is 0.000000704. The smallest absolute Gasteiger partial charge is 0.165 e. The van der Waals surface area contributed by atoms with Gasteiger partial charge in [0.05, 0.1) is 11.2 Å². The molecule has 2 aromatic rings. The van der Waals surface area contributed by atoms with E-state index in [2.05, 4.69) is 11.2 Å². The van der Waals surface area contributed by atoms with Gasteiger partial charge < -0.3 is 5.73 Å². The second-order valence-corrected chi connectivity index (χ2v) is 5.25. The number of nitriles is 1. The third kappa shape index (κ3) is 1.76. The van der Waals surface area contributed by atoms with Gasteiger partial charge in [0.25, 0.3) is 0 Å². The fourth-order valence-electron chi connectivity index (χ4n) is 2.70. The highest BCUT2D eigenvalue weighted by Gasteiger charge is 2.38. The molecule has 3 rings (SSSR count). The van der Waals surface area contributed by atoms with Crippen molar-refractivity contribution >= 4 is 17.1 Å². The first-order chi connectivity index (χ1) is 9.45. The number of carbonyl (C=O) groups excluding carboxylic acids is 1. The summed E-state index contributed by atoms with van der Waals surface area (Å²) >= 11 is 0. The number of nitrogen functional groups attached to an aromatic ring is 1. The van der Waals surface area contributed by atoms with Gasteiger partial charge >= 0.3 is 0 Å². The molecular weight excluding hydrogens is 252 g/mol. The fourth-order valence-corrected chi connectivity index (χ4v) is 2.70. The molecule has 0 aliphatic heterocycles. The van der Waals surface area contributed by atoms with Gasteiger partial charge in [-0.25, -0.2) is 4.52 Å². The summed E-state index contributed by atoms with van der Waals surface area (Å²) in [4.78, 5) is 11.9. The van der Waals surface area contributed by atoms with E-state index in [-0.39, 0.29) is 17.0 Å². The van der Waals surface area contributed by atoms with Crippen molar-refractivity contribution in [1.82, 2.24) is 9.61 Å². The normalized spacial score (nSPS) is 15.4. The van der Waals surface area contributed by atoms with Gasteiger partial charge in [0, 0.05) is 17.4 Å². The van der Waals surface area contributed by atoms with Gasteiger partial charge in [0.2, 0.25) is 0 Å². The molecule has 0 unspecified atom stereocenters. The largest absolute Gasteiger partial charge is 0.381 e. The number of rotatable bonds is 0. The summed E-state index contributed by atoms with van der Waals surface area (Å²) < 4.78 is 1.65. The van der Waals surface area contributed by atoms with Crippen molar-refractivity contribution in [3.05, 3.63) is 29.0 Å². The Morgan fingerprint density at radius 2 is 2.05 bits per heavy atom. The van der Waals surface area contributed by atoms with E-state index in [4.69, 9.17) is 11.0 Å². The third-order valence-electron chi connectivity index (χ3n) is 3.48. The maximum atomic E-state index is 11.9. The summed E-state index contributed by atoms with van der Waals surface area (Å²) in [7, 11) is 0. The Bertz CT molecular complexity index is 734. The van der Waals surface area contributed by atoms with Crippen molar-refractivity contribution in [1.29, 1.82) is 5.26 Å². The third-order valence-corrected chi connectivity index (χ3v) is 3.48. The van der Waals surface area contributed by atoms with Crippen LogP contribution in [0.1, 0.15) is 55.7 Å². The van der Waals surface area contributed by atoms with Crippen LogP contribution < -0.4 is 5.73 Å². The molecule has 0 amide bonds. The van der Waals surface area contributed by atoms with Crippen LogP contribution in [0.2, 0.25) is 0 Å². The summed E-state index contributed by atoms with van der Waals surface area (Å²) in [6.45, 7) is 8.00. The average molecular weight is 270 g/mol. The van der Waals surface area contributed by atoms with Crippen LogP contribution in [-0.4, -0.2) is 15.4 Å². The number of hydrogen-bond acceptors (Lipinski definition) is 4. The molecule has 0 saturated heterocycles. The first-order valence-corrected chi connectivity index (χ1v) is 6.71. The predicted octanol–water partition coefficient (Wildman–Crippen LogP) is 2.68. The number of carbonyl (C=O) groups is 1. The van der Waals surface area contributed by atoms with Gasteiger partial charge in [-0.05, 0) is 12.1 Å². The minimum Gasteiger partial charge on any atom is -0.381 e. The quantitative estimate of drug-likeness (QED) is 0.797. The Hall–Kier alpha value is -2.35. The zero-order valence-electron chi connectivity index (χ0n) is 12.2. The van der Waals surface area contributed by atoms with Gasteiger partial charge in [0.1, 0.15) is 11.6 Å². The summed E-state index contributed by atoms with van der Waals surface area (Å²) in [6.07, 6.45) is 0.461. The molecule has 1 aliphatic rings. The van der Waals surface area contributed by atoms with Crippen molar-refractivity contribution in [2.75, 3.05) is 5.73 Å². The average Bonchev–Trinajstić information content (AvgIpc) is 2.85. The summed E-state index contributed by atoms with van der Waals surface area (Å²) in [5.41, 5.74) is 8.02. The summed E-state index contributed by atoms with van der Waals surface area (Å²) in [6, 6.07) is 5.56. The van der Waals surface area contributed by atoms with Crippen LogP contribution in [0.3, 0.4) is 0 Å². The lowest BCUT2D eigenvalue weighted by molar-refractivity contribution is 0.0979. The number of nitrogens with zero attached hydrogens (tertiary/aromatic N) is 3. The standard InChI is InChI=1S/C13H12N4O.C2H6/c1-13(2)5-10(18)7-3-4-9-8(6-14)12(15)16-17(9)11(7)13;1-2/h3-4H,5H2,1-2H3,(H2,15,16);1-2H3. The van der Waals surface area contributed by atoms with E-state index >= 15 is 0 Å². The highest BCUT2D eigenvalue weighted by Crippen LogP contribution is 2.39. The minimum atomic E-state index is -0.281. The molecule has 0 fully saturated rings. The number of aromatic nitrogens is 2. The van der Waals surface area contributed by atoms with Crippen LogP contribution in [0, 0.1) is 11.3 Å². The zero-order valence-corrected chi connectivity index (χ0v) is 12.2. The predicted molar refractivity (Wildman–Crippen MR) is 77.6 cm³/mol. The lowest BCUT2D eigenvalue weighted by atomic mass is 9.90. The molecule has 20 heavy (non-hydrogen) atoms. The minimum absolute atomic E-state index is 0.115. The highest BCUT2D eigenvalue weighted by atomic mass is 16.1. The number of pyridine rings is 1. The number of hydrogen-bond donors (Lipinski definition) is 1. The molecule has 2 N–H and O–H groups in total. The van der Waals surface area contributed by atoms with E-state index in [0.717, 1.165) is 5.69 Å². The number of ketones is 1. The molecule has 0 bridgehead atoms. The van der Waals surface area contributed by atoms with E-state index in [0.29, 0.717) is 23.1 Å². The monoisotopic (exact) mass is 270 g/mol. The fraction of sp³-hybridized carbons (Fsp3) is 0.400. The maximum Gasteiger partial charge on any atom is 0.165 e. The van der Waals surface area contributed by atoms with E-state index in [1.54, 1.807) is 16.6 Å². The molecule has 5 heteroatoms. The molecule has 2 heterocycles. The Morgan fingerprint density at radius 3 is 2.65 bits per heavy atom. The molecule has 104 valence electrons. The number of Topliss-reactive ketones (excluding diaryl/α,β-unsaturated/α-hetero) is 1. The van der Waals surface area contributed by atoms with Gasteiger partial charge in [-0.15, -0.1) is 5.10 Å². The van der Waals surface area contributed by atoms with Crippen LogP contribution in [0.25, 0.3) is 5.52 Å². The Kier molecular flexibility index (Phi) is 3.26. The van der Waals surface area contributed by atoms with E-state index in [9.17, 15) is 4.79 Å². The molecule has 5 nitrogen and oxygen atoms in total. The first-order valence-electron chi connectivity index (χ1n) is 6.71. The molecule has 0 atom stereocenters. The van der Waals surface area contributed by atoms with Crippen molar-refractivity contribution in [2.45, 2.75) is 39.5 Å². The van der Waals surface area contributed by atoms with Crippen LogP contribution >= 0.6 is 0 Å². The molecule has 0 aromatic carbocycles. The Morgan fingerprint density at radius 1 is 1.40 bits per heavy atom. The zero-order chi connectivity index (χ0) is 15.1. The summed E-state index contributed by atoms with van der Waals surface area (Å²) in [5, 5.41) is 13.3. The molecule has 2 aromatic heterocycles. The number of fused-ring (bicyclic) bond motifs is 3. The van der Waals surface area contributed by atoms with Crippen LogP contribution in [0.5, 0.6) is 0 Å². The van der Waals surface area contributed by atoms with Crippen LogP contribution in [0.15, 0.2) is 12.1 Å². The van der Waals surface area contributed by atoms with Gasteiger partial charge in [-0.2, -0.15) is 5.26 Å². The van der Waals surface area contributed by atoms with Gasteiger partial charge in [-0.1, -0.05) is 27.7 Å². The van der Waals surface area contributed by atoms with E-state index in [1.807, 2.05) is 27.7 Å². The Labute approximate surface area is 118 Å². The molecular formula is C15H18N4O. The molecule has 0 spiro atoms. The molecule has 0 saturated carbocycles. The summed E-state index contributed by atoms with van der Waals surface area (Å²) in [5.74, 6) is 0.325. The lowest BCUT2D eigenvalue weighted by Gasteiger charge is -2.18. The lowest BCUT2D eigenvalue weighted by Crippen LogP contribution is -2.17. The van der Waals surface area contributed by atoms with Gasteiger partial charge in [0.15, 0.2) is 11.6 Å². The molecule has 1 aliphatic carbocycles. The first kappa shape index (κ1) is 14.1. The molecule has 0 radical (unpaired) electrons. The number of nitrogens with two attached hydrogens (primary N) is 1. The van der Waals surface area contributed by atoms with Crippen LogP contribution in [-0.2, 0) is 5.41 Å². The second kappa shape index (κ2) is 4.64. The number of anilines is 1. The van der Waals surface area contributed by atoms with Crippen molar-refractivity contribution < 1.29 is 4.79 Å². The van der Waals surface area contributed by atoms with Crippen LogP contribution in [0.4, 0.5) is 5.82 Å². The SMILES string of the molecule is CC.CC1(C)CC(=O)c2ccc3c(C#N)c(N)nn3c21. The van der Waals surface area contributed by atoms with Crippen molar-refractivity contribution in [3.8, 4) is 6.07 Å². The van der Waals surface area contributed by atoms with Crippen molar-refractivity contribution in [3.63, 3.8) is 0 Å². The van der Waals surface area contributed by atoms with Crippen molar-refractivity contribution in [2.24, 2.45) is 0 Å². The maximum absolute atomic E-state index is 11.9. The second-order valence-electron chi connectivity index (χ2n) is 5.25. The van der Waals surface area contributed by atoms with E-state index in [1.165, 1.54) is 0 Å². The topological polar surface area (TPSA) is 84.2 Å².